The highest BCUT2D eigenvalue weighted by molar-refractivity contribution is 5.65. The van der Waals surface area contributed by atoms with Crippen LogP contribution >= 0.6 is 0 Å². The maximum atomic E-state index is 10.6. The van der Waals surface area contributed by atoms with Crippen LogP contribution in [-0.2, 0) is 6.42 Å². The van der Waals surface area contributed by atoms with E-state index in [1.807, 2.05) is 0 Å². The summed E-state index contributed by atoms with van der Waals surface area (Å²) in [7, 11) is 4.16. The van der Waals surface area contributed by atoms with E-state index in [0.717, 1.165) is 30.5 Å². The topological polar surface area (TPSA) is 46.4 Å². The molecule has 0 unspecified atom stereocenters. The molecule has 0 heterocycles. The summed E-state index contributed by atoms with van der Waals surface area (Å²) in [5, 5.41) is 10.6. The van der Waals surface area contributed by atoms with E-state index < -0.39 is 0 Å². The summed E-state index contributed by atoms with van der Waals surface area (Å²) in [6.07, 6.45) is 2.21. The maximum absolute atomic E-state index is 10.6. The van der Waals surface area contributed by atoms with Gasteiger partial charge in [-0.3, -0.25) is 10.1 Å². The quantitative estimate of drug-likeness (QED) is 0.599. The predicted molar refractivity (Wildman–Crippen MR) is 85.4 cm³/mol. The van der Waals surface area contributed by atoms with Gasteiger partial charge in [-0.2, -0.15) is 0 Å². The molecule has 0 N–H and O–H groups in total. The molecule has 0 amide bonds. The lowest BCUT2D eigenvalue weighted by molar-refractivity contribution is -0.384. The third kappa shape index (κ3) is 4.39. The third-order valence-corrected chi connectivity index (χ3v) is 3.44. The summed E-state index contributed by atoms with van der Waals surface area (Å²) in [5.74, 6) is 0. The minimum Gasteiger partial charge on any atom is -0.309 e. The minimum atomic E-state index is -0.377. The molecule has 0 atom stereocenters. The molecule has 0 saturated heterocycles. The molecule has 0 bridgehead atoms. The number of nitro benzene ring substituents is 1. The third-order valence-electron chi connectivity index (χ3n) is 3.44. The Hall–Kier alpha value is -2.20. The summed E-state index contributed by atoms with van der Waals surface area (Å²) in [5.41, 5.74) is 3.53. The number of non-ortho nitro benzene ring substituents is 1. The molecule has 110 valence electrons. The Kier molecular flexibility index (Phi) is 5.06. The van der Waals surface area contributed by atoms with E-state index in [0.29, 0.717) is 0 Å². The van der Waals surface area contributed by atoms with Crippen LogP contribution in [0.3, 0.4) is 0 Å². The summed E-state index contributed by atoms with van der Waals surface area (Å²) >= 11 is 0. The highest BCUT2D eigenvalue weighted by Gasteiger charge is 2.05. The van der Waals surface area contributed by atoms with Crippen molar-refractivity contribution in [1.82, 2.24) is 4.90 Å². The zero-order valence-corrected chi connectivity index (χ0v) is 12.5. The Morgan fingerprint density at radius 3 is 1.95 bits per heavy atom. The van der Waals surface area contributed by atoms with Gasteiger partial charge in [-0.05, 0) is 62.3 Å². The van der Waals surface area contributed by atoms with Crippen molar-refractivity contribution in [3.05, 3.63) is 64.2 Å². The average molecular weight is 284 g/mol. The molecule has 2 aromatic rings. The Balaban J connectivity index is 2.02. The monoisotopic (exact) mass is 284 g/mol. The smallest absolute Gasteiger partial charge is 0.269 e. The lowest BCUT2D eigenvalue weighted by Gasteiger charge is -2.09. The fourth-order valence-electron chi connectivity index (χ4n) is 2.24. The lowest BCUT2D eigenvalue weighted by Crippen LogP contribution is -2.13. The second-order valence-electron chi connectivity index (χ2n) is 5.41. The van der Waals surface area contributed by atoms with E-state index in [9.17, 15) is 10.1 Å². The Morgan fingerprint density at radius 1 is 0.952 bits per heavy atom. The van der Waals surface area contributed by atoms with Crippen LogP contribution in [0.4, 0.5) is 5.69 Å². The van der Waals surface area contributed by atoms with Gasteiger partial charge < -0.3 is 4.90 Å². The minimum absolute atomic E-state index is 0.124. The first-order chi connectivity index (χ1) is 10.1. The first-order valence-corrected chi connectivity index (χ1v) is 7.05. The van der Waals surface area contributed by atoms with Crippen LogP contribution in [0.25, 0.3) is 11.1 Å². The van der Waals surface area contributed by atoms with Gasteiger partial charge in [-0.25, -0.2) is 0 Å². The van der Waals surface area contributed by atoms with E-state index in [1.165, 1.54) is 5.56 Å². The van der Waals surface area contributed by atoms with Gasteiger partial charge in [-0.1, -0.05) is 24.3 Å². The van der Waals surface area contributed by atoms with E-state index in [1.54, 1.807) is 24.3 Å². The van der Waals surface area contributed by atoms with Gasteiger partial charge in [0.15, 0.2) is 0 Å². The van der Waals surface area contributed by atoms with Crippen molar-refractivity contribution >= 4 is 5.69 Å². The molecule has 4 heteroatoms. The van der Waals surface area contributed by atoms with Crippen LogP contribution in [0, 0.1) is 10.1 Å². The molecular formula is C17H20N2O2. The Bertz CT molecular complexity index is 589. The molecule has 2 rings (SSSR count). The van der Waals surface area contributed by atoms with Crippen molar-refractivity contribution in [3.8, 4) is 11.1 Å². The fraction of sp³-hybridized carbons (Fsp3) is 0.294. The van der Waals surface area contributed by atoms with Crippen molar-refractivity contribution < 1.29 is 4.92 Å². The number of hydrogen-bond acceptors (Lipinski definition) is 3. The van der Waals surface area contributed by atoms with Crippen LogP contribution in [0.1, 0.15) is 12.0 Å². The molecule has 0 fully saturated rings. The van der Waals surface area contributed by atoms with Gasteiger partial charge >= 0.3 is 0 Å². The van der Waals surface area contributed by atoms with Crippen molar-refractivity contribution in [3.63, 3.8) is 0 Å². The second-order valence-corrected chi connectivity index (χ2v) is 5.41. The zero-order valence-electron chi connectivity index (χ0n) is 12.5. The number of hydrogen-bond donors (Lipinski definition) is 0. The van der Waals surface area contributed by atoms with Crippen LogP contribution in [0.2, 0.25) is 0 Å². The summed E-state index contributed by atoms with van der Waals surface area (Å²) in [6.45, 7) is 1.09. The van der Waals surface area contributed by atoms with E-state index >= 15 is 0 Å². The van der Waals surface area contributed by atoms with E-state index in [2.05, 4.69) is 43.3 Å². The van der Waals surface area contributed by atoms with Crippen molar-refractivity contribution in [1.29, 1.82) is 0 Å². The van der Waals surface area contributed by atoms with E-state index in [4.69, 9.17) is 0 Å². The molecule has 4 nitrogen and oxygen atoms in total. The summed E-state index contributed by atoms with van der Waals surface area (Å²) in [6, 6.07) is 15.1. The molecule has 0 spiro atoms. The zero-order chi connectivity index (χ0) is 15.2. The molecule has 21 heavy (non-hydrogen) atoms. The largest absolute Gasteiger partial charge is 0.309 e. The lowest BCUT2D eigenvalue weighted by atomic mass is 10.0. The van der Waals surface area contributed by atoms with Gasteiger partial charge in [0, 0.05) is 12.1 Å². The van der Waals surface area contributed by atoms with Crippen molar-refractivity contribution in [2.24, 2.45) is 0 Å². The molecule has 0 radical (unpaired) electrons. The van der Waals surface area contributed by atoms with Gasteiger partial charge in [-0.15, -0.1) is 0 Å². The molecular weight excluding hydrogens is 264 g/mol. The number of aryl methyl sites for hydroxylation is 1. The average Bonchev–Trinajstić information content (AvgIpc) is 2.48. The second kappa shape index (κ2) is 6.99. The molecule has 2 aromatic carbocycles. The number of rotatable bonds is 6. The van der Waals surface area contributed by atoms with Crippen LogP contribution in [-0.4, -0.2) is 30.5 Å². The van der Waals surface area contributed by atoms with Crippen molar-refractivity contribution in [2.75, 3.05) is 20.6 Å². The SMILES string of the molecule is CN(C)CCCc1ccc(-c2ccc([N+](=O)[O-])cc2)cc1. The van der Waals surface area contributed by atoms with Gasteiger partial charge in [0.1, 0.15) is 0 Å². The molecule has 0 aliphatic rings. The Morgan fingerprint density at radius 2 is 1.48 bits per heavy atom. The number of nitrogens with zero attached hydrogens (tertiary/aromatic N) is 2. The first-order valence-electron chi connectivity index (χ1n) is 7.05. The van der Waals surface area contributed by atoms with Gasteiger partial charge in [0.05, 0.1) is 4.92 Å². The van der Waals surface area contributed by atoms with Crippen LogP contribution < -0.4 is 0 Å². The summed E-state index contributed by atoms with van der Waals surface area (Å²) in [4.78, 5) is 12.5. The fourth-order valence-corrected chi connectivity index (χ4v) is 2.24. The Labute approximate surface area is 125 Å². The van der Waals surface area contributed by atoms with E-state index in [-0.39, 0.29) is 10.6 Å². The standard InChI is InChI=1S/C17H20N2O2/c1-18(2)13-3-4-14-5-7-15(8-6-14)16-9-11-17(12-10-16)19(20)21/h5-12H,3-4,13H2,1-2H3. The first kappa shape index (κ1) is 15.2. The maximum Gasteiger partial charge on any atom is 0.269 e. The van der Waals surface area contributed by atoms with Crippen LogP contribution in [0.5, 0.6) is 0 Å². The molecule has 0 aromatic heterocycles. The number of nitro groups is 1. The molecule has 0 aliphatic carbocycles. The molecule has 0 aliphatic heterocycles. The number of benzene rings is 2. The normalized spacial score (nSPS) is 10.8. The predicted octanol–water partition coefficient (Wildman–Crippen LogP) is 3.76. The van der Waals surface area contributed by atoms with Gasteiger partial charge in [0.25, 0.3) is 5.69 Å². The summed E-state index contributed by atoms with van der Waals surface area (Å²) < 4.78 is 0. The highest BCUT2D eigenvalue weighted by Crippen LogP contribution is 2.23. The van der Waals surface area contributed by atoms with Gasteiger partial charge in [0.2, 0.25) is 0 Å². The van der Waals surface area contributed by atoms with Crippen molar-refractivity contribution in [2.45, 2.75) is 12.8 Å². The molecule has 0 saturated carbocycles. The van der Waals surface area contributed by atoms with Crippen LogP contribution in [0.15, 0.2) is 48.5 Å². The highest BCUT2D eigenvalue weighted by atomic mass is 16.6.